The van der Waals surface area contributed by atoms with E-state index in [0.29, 0.717) is 11.1 Å². The molecule has 0 unspecified atom stereocenters. The van der Waals surface area contributed by atoms with E-state index in [1.165, 1.54) is 24.5 Å². The predicted octanol–water partition coefficient (Wildman–Crippen LogP) is 3.50. The van der Waals surface area contributed by atoms with Gasteiger partial charge in [0.15, 0.2) is 0 Å². The topological polar surface area (TPSA) is 81.2 Å². The summed E-state index contributed by atoms with van der Waals surface area (Å²) in [6, 6.07) is 10.4. The Morgan fingerprint density at radius 3 is 2.66 bits per heavy atom. The van der Waals surface area contributed by atoms with Gasteiger partial charge in [0, 0.05) is 38.1 Å². The molecule has 6 nitrogen and oxygen atoms in total. The van der Waals surface area contributed by atoms with Gasteiger partial charge in [-0.25, -0.2) is 17.1 Å². The molecule has 2 aromatic heterocycles. The van der Waals surface area contributed by atoms with E-state index in [0.717, 1.165) is 16.8 Å². The van der Waals surface area contributed by atoms with Crippen LogP contribution in [0.5, 0.6) is 0 Å². The van der Waals surface area contributed by atoms with Crippen molar-refractivity contribution in [1.29, 1.82) is 0 Å². The lowest BCUT2D eigenvalue weighted by Gasteiger charge is -2.12. The summed E-state index contributed by atoms with van der Waals surface area (Å²) < 4.78 is 42.2. The number of pyridine rings is 1. The van der Waals surface area contributed by atoms with Crippen molar-refractivity contribution in [1.82, 2.24) is 13.9 Å². The van der Waals surface area contributed by atoms with E-state index < -0.39 is 10.0 Å². The maximum atomic E-state index is 14.2. The molecule has 1 aromatic carbocycles. The van der Waals surface area contributed by atoms with Gasteiger partial charge in [-0.15, -0.1) is 12.4 Å². The largest absolute Gasteiger partial charge is 0.336 e. The number of aromatic nitrogens is 2. The van der Waals surface area contributed by atoms with E-state index in [-0.39, 0.29) is 36.2 Å². The Morgan fingerprint density at radius 1 is 1.28 bits per heavy atom. The maximum Gasteiger partial charge on any atom is 0.242 e. The highest BCUT2D eigenvalue weighted by molar-refractivity contribution is 7.89. The molecule has 2 heterocycles. The number of allylic oxidation sites excluding steroid dienone is 1. The first-order valence-electron chi connectivity index (χ1n) is 8.78. The van der Waals surface area contributed by atoms with Crippen LogP contribution in [-0.2, 0) is 16.6 Å². The molecule has 0 spiro atoms. The van der Waals surface area contributed by atoms with E-state index in [4.69, 9.17) is 5.73 Å². The molecule has 0 bridgehead atoms. The number of nitrogens with two attached hydrogens (primary N) is 1. The van der Waals surface area contributed by atoms with Crippen molar-refractivity contribution in [2.75, 3.05) is 20.6 Å². The molecule has 0 radical (unpaired) electrons. The first-order valence-corrected chi connectivity index (χ1v) is 10.2. The summed E-state index contributed by atoms with van der Waals surface area (Å²) in [5.74, 6) is -0.332. The van der Waals surface area contributed by atoms with Crippen LogP contribution in [0.3, 0.4) is 0 Å². The zero-order valence-corrected chi connectivity index (χ0v) is 18.1. The Bertz CT molecular complexity index is 1160. The molecular weight excluding hydrogens is 415 g/mol. The van der Waals surface area contributed by atoms with E-state index >= 15 is 0 Å². The van der Waals surface area contributed by atoms with Crippen LogP contribution >= 0.6 is 12.4 Å². The van der Waals surface area contributed by atoms with E-state index in [2.05, 4.69) is 4.98 Å². The molecule has 0 saturated heterocycles. The summed E-state index contributed by atoms with van der Waals surface area (Å²) in [6.07, 6.45) is 3.01. The summed E-state index contributed by atoms with van der Waals surface area (Å²) in [7, 11) is -0.583. The summed E-state index contributed by atoms with van der Waals surface area (Å²) >= 11 is 0. The fraction of sp³-hybridized carbons (Fsp3) is 0.250. The van der Waals surface area contributed by atoms with Gasteiger partial charge in [-0.3, -0.25) is 4.98 Å². The molecule has 0 saturated carbocycles. The summed E-state index contributed by atoms with van der Waals surface area (Å²) in [4.78, 5) is 4.67. The minimum absolute atomic E-state index is 0. The third kappa shape index (κ3) is 4.35. The smallest absolute Gasteiger partial charge is 0.242 e. The van der Waals surface area contributed by atoms with Crippen LogP contribution in [0, 0.1) is 6.92 Å². The quantitative estimate of drug-likeness (QED) is 0.638. The lowest BCUT2D eigenvalue weighted by Crippen LogP contribution is -2.22. The van der Waals surface area contributed by atoms with Gasteiger partial charge >= 0.3 is 0 Å². The minimum Gasteiger partial charge on any atom is -0.336 e. The second-order valence-electron chi connectivity index (χ2n) is 6.62. The van der Waals surface area contributed by atoms with Crippen LogP contribution in [0.25, 0.3) is 22.2 Å². The van der Waals surface area contributed by atoms with Gasteiger partial charge in [-0.2, -0.15) is 0 Å². The van der Waals surface area contributed by atoms with Gasteiger partial charge in [-0.05, 0) is 42.8 Å². The molecule has 0 atom stereocenters. The second kappa shape index (κ2) is 9.04. The van der Waals surface area contributed by atoms with Gasteiger partial charge in [0.25, 0.3) is 0 Å². The summed E-state index contributed by atoms with van der Waals surface area (Å²) in [6.45, 7) is 2.04. The number of hydrogen-bond acceptors (Lipinski definition) is 4. The molecule has 0 fully saturated rings. The van der Waals surface area contributed by atoms with E-state index in [1.54, 1.807) is 30.5 Å². The molecule has 0 aliphatic carbocycles. The average Bonchev–Trinajstić information content (AvgIpc) is 2.94. The number of hydrogen-bond donors (Lipinski definition) is 1. The Labute approximate surface area is 176 Å². The Balaban J connectivity index is 0.00000300. The molecule has 3 aromatic rings. The monoisotopic (exact) mass is 438 g/mol. The lowest BCUT2D eigenvalue weighted by atomic mass is 10.1. The van der Waals surface area contributed by atoms with Crippen LogP contribution in [0.4, 0.5) is 4.39 Å². The Kier molecular flexibility index (Phi) is 7.18. The van der Waals surface area contributed by atoms with Gasteiger partial charge < -0.3 is 10.3 Å². The summed E-state index contributed by atoms with van der Waals surface area (Å²) in [5.41, 5.74) is 9.18. The standard InChI is InChI=1S/C20H23FN4O2S.ClH/c1-14-19(15-6-4-7-17(12-15)28(26,27)24(2)3)20-18(8-5-11-23-20)25(14)13-16(21)9-10-22;/h4-9,11-12H,10,13,22H2,1-3H3;1H/b16-9-;. The molecule has 0 amide bonds. The predicted molar refractivity (Wildman–Crippen MR) is 116 cm³/mol. The molecule has 2 N–H and O–H groups in total. The fourth-order valence-corrected chi connectivity index (χ4v) is 4.16. The lowest BCUT2D eigenvalue weighted by molar-refractivity contribution is 0.521. The zero-order valence-electron chi connectivity index (χ0n) is 16.5. The molecule has 0 aliphatic rings. The van der Waals surface area contributed by atoms with Crippen molar-refractivity contribution >= 4 is 33.5 Å². The summed E-state index contributed by atoms with van der Waals surface area (Å²) in [5, 5.41) is 0. The third-order valence-electron chi connectivity index (χ3n) is 4.63. The van der Waals surface area contributed by atoms with E-state index in [9.17, 15) is 12.8 Å². The minimum atomic E-state index is -3.57. The van der Waals surface area contributed by atoms with Crippen molar-refractivity contribution in [3.05, 3.63) is 60.2 Å². The van der Waals surface area contributed by atoms with Crippen LogP contribution in [0.15, 0.2) is 59.4 Å². The van der Waals surface area contributed by atoms with Crippen molar-refractivity contribution in [3.8, 4) is 11.1 Å². The average molecular weight is 439 g/mol. The first-order chi connectivity index (χ1) is 13.3. The van der Waals surface area contributed by atoms with Gasteiger partial charge in [-0.1, -0.05) is 12.1 Å². The number of rotatable bonds is 6. The highest BCUT2D eigenvalue weighted by Crippen LogP contribution is 2.35. The van der Waals surface area contributed by atoms with Crippen molar-refractivity contribution in [2.24, 2.45) is 5.73 Å². The van der Waals surface area contributed by atoms with Crippen molar-refractivity contribution < 1.29 is 12.8 Å². The molecule has 29 heavy (non-hydrogen) atoms. The maximum absolute atomic E-state index is 14.2. The normalized spacial score (nSPS) is 12.4. The highest BCUT2D eigenvalue weighted by Gasteiger charge is 2.21. The van der Waals surface area contributed by atoms with Crippen LogP contribution in [-0.4, -0.2) is 42.9 Å². The van der Waals surface area contributed by atoms with Crippen LogP contribution in [0.1, 0.15) is 5.69 Å². The number of nitrogens with zero attached hydrogens (tertiary/aromatic N) is 3. The van der Waals surface area contributed by atoms with Gasteiger partial charge in [0.1, 0.15) is 5.83 Å². The molecule has 9 heteroatoms. The zero-order chi connectivity index (χ0) is 20.5. The van der Waals surface area contributed by atoms with Gasteiger partial charge in [0.05, 0.1) is 22.5 Å². The van der Waals surface area contributed by atoms with Gasteiger partial charge in [0.2, 0.25) is 10.0 Å². The molecular formula is C20H24ClFN4O2S. The number of halogens is 2. The molecule has 0 aliphatic heterocycles. The highest BCUT2D eigenvalue weighted by atomic mass is 35.5. The SMILES string of the molecule is Cc1c(-c2cccc(S(=O)(=O)N(C)C)c2)c2ncccc2n1C/C(F)=C/CN.Cl. The van der Waals surface area contributed by atoms with E-state index in [1.807, 2.05) is 23.6 Å². The first kappa shape index (κ1) is 23.0. The second-order valence-corrected chi connectivity index (χ2v) is 8.77. The molecule has 156 valence electrons. The van der Waals surface area contributed by atoms with Crippen molar-refractivity contribution in [3.63, 3.8) is 0 Å². The Morgan fingerprint density at radius 2 is 2.00 bits per heavy atom. The number of sulfonamides is 1. The van der Waals surface area contributed by atoms with Crippen LogP contribution < -0.4 is 5.73 Å². The molecule has 3 rings (SSSR count). The number of benzene rings is 1. The van der Waals surface area contributed by atoms with Crippen molar-refractivity contribution in [2.45, 2.75) is 18.4 Å². The number of fused-ring (bicyclic) bond motifs is 1. The Hall–Kier alpha value is -2.26. The van der Waals surface area contributed by atoms with Crippen LogP contribution in [0.2, 0.25) is 0 Å². The fourth-order valence-electron chi connectivity index (χ4n) is 3.21. The third-order valence-corrected chi connectivity index (χ3v) is 6.44.